The molecule has 74 valence electrons. The van der Waals surface area contributed by atoms with E-state index in [0.717, 1.165) is 16.6 Å². The third-order valence-electron chi connectivity index (χ3n) is 1.71. The molecule has 0 atom stereocenters. The van der Waals surface area contributed by atoms with E-state index in [0.29, 0.717) is 6.54 Å². The second-order valence-corrected chi connectivity index (χ2v) is 4.58. The van der Waals surface area contributed by atoms with Crippen LogP contribution in [0, 0.1) is 0 Å². The van der Waals surface area contributed by atoms with Crippen LogP contribution in [0.4, 0.5) is 0 Å². The molecule has 0 saturated carbocycles. The molecule has 0 saturated heterocycles. The fourth-order valence-electron chi connectivity index (χ4n) is 1.09. The van der Waals surface area contributed by atoms with E-state index in [1.807, 2.05) is 12.1 Å². The molecule has 5 heteroatoms. The normalized spacial score (nSPS) is 10.6. The van der Waals surface area contributed by atoms with E-state index in [4.69, 9.17) is 16.0 Å². The molecule has 0 aliphatic heterocycles. The van der Waals surface area contributed by atoms with Gasteiger partial charge >= 0.3 is 0 Å². The minimum absolute atomic E-state index is 0.690. The molecule has 0 bridgehead atoms. The molecule has 1 N–H and O–H groups in total. The van der Waals surface area contributed by atoms with Crippen LogP contribution in [0.5, 0.6) is 0 Å². The van der Waals surface area contributed by atoms with Crippen LogP contribution in [0.15, 0.2) is 29.1 Å². The molecule has 0 fully saturated rings. The average molecular weight is 229 g/mol. The first kappa shape index (κ1) is 9.71. The van der Waals surface area contributed by atoms with Gasteiger partial charge in [-0.3, -0.25) is 0 Å². The Morgan fingerprint density at radius 3 is 3.00 bits per heavy atom. The van der Waals surface area contributed by atoms with Crippen molar-refractivity contribution < 1.29 is 4.42 Å². The van der Waals surface area contributed by atoms with E-state index in [2.05, 4.69) is 10.3 Å². The van der Waals surface area contributed by atoms with Crippen molar-refractivity contribution >= 4 is 22.9 Å². The molecule has 0 aromatic carbocycles. The first-order valence-electron chi connectivity index (χ1n) is 4.17. The van der Waals surface area contributed by atoms with Crippen molar-refractivity contribution in [2.75, 3.05) is 0 Å². The summed E-state index contributed by atoms with van der Waals surface area (Å²) in [6, 6.07) is 3.91. The van der Waals surface area contributed by atoms with Crippen molar-refractivity contribution in [3.63, 3.8) is 0 Å². The minimum atomic E-state index is 0.690. The van der Waals surface area contributed by atoms with Crippen LogP contribution >= 0.6 is 22.9 Å². The zero-order valence-corrected chi connectivity index (χ0v) is 8.94. The first-order valence-corrected chi connectivity index (χ1v) is 5.36. The van der Waals surface area contributed by atoms with Gasteiger partial charge in [0.2, 0.25) is 0 Å². The van der Waals surface area contributed by atoms with Crippen LogP contribution in [0.2, 0.25) is 4.34 Å². The Labute approximate surface area is 90.7 Å². The first-order chi connectivity index (χ1) is 6.84. The third-order valence-corrected chi connectivity index (χ3v) is 2.94. The van der Waals surface area contributed by atoms with Crippen molar-refractivity contribution in [2.45, 2.75) is 13.1 Å². The zero-order valence-electron chi connectivity index (χ0n) is 7.37. The highest BCUT2D eigenvalue weighted by Gasteiger charge is 1.99. The van der Waals surface area contributed by atoms with Gasteiger partial charge in [-0.25, -0.2) is 4.98 Å². The maximum atomic E-state index is 5.80. The van der Waals surface area contributed by atoms with Gasteiger partial charge in [0, 0.05) is 11.4 Å². The summed E-state index contributed by atoms with van der Waals surface area (Å²) in [6.45, 7) is 1.49. The van der Waals surface area contributed by atoms with Gasteiger partial charge in [0.05, 0.1) is 17.1 Å². The number of thiophene rings is 1. The SMILES string of the molecule is Clc1ccc(CNCc2cnco2)s1. The van der Waals surface area contributed by atoms with Crippen molar-refractivity contribution in [1.29, 1.82) is 0 Å². The lowest BCUT2D eigenvalue weighted by Gasteiger charge is -1.98. The number of aromatic nitrogens is 1. The molecule has 0 unspecified atom stereocenters. The lowest BCUT2D eigenvalue weighted by molar-refractivity contribution is 0.479. The highest BCUT2D eigenvalue weighted by Crippen LogP contribution is 2.20. The van der Waals surface area contributed by atoms with Gasteiger partial charge in [0.1, 0.15) is 5.76 Å². The van der Waals surface area contributed by atoms with Gasteiger partial charge in [-0.1, -0.05) is 11.6 Å². The largest absolute Gasteiger partial charge is 0.447 e. The predicted octanol–water partition coefficient (Wildman–Crippen LogP) is 2.68. The number of hydrogen-bond acceptors (Lipinski definition) is 4. The summed E-state index contributed by atoms with van der Waals surface area (Å²) in [4.78, 5) is 5.04. The van der Waals surface area contributed by atoms with Crippen molar-refractivity contribution in [3.05, 3.63) is 39.7 Å². The second-order valence-electron chi connectivity index (χ2n) is 2.78. The monoisotopic (exact) mass is 228 g/mol. The van der Waals surface area contributed by atoms with Gasteiger partial charge in [-0.15, -0.1) is 11.3 Å². The average Bonchev–Trinajstić information content (AvgIpc) is 2.77. The fraction of sp³-hybridized carbons (Fsp3) is 0.222. The second kappa shape index (κ2) is 4.59. The topological polar surface area (TPSA) is 38.1 Å². The third kappa shape index (κ3) is 2.57. The Morgan fingerprint density at radius 2 is 2.36 bits per heavy atom. The van der Waals surface area contributed by atoms with E-state index < -0.39 is 0 Å². The number of oxazole rings is 1. The molecule has 0 amide bonds. The predicted molar refractivity (Wildman–Crippen MR) is 56.4 cm³/mol. The quantitative estimate of drug-likeness (QED) is 0.875. The van der Waals surface area contributed by atoms with Crippen molar-refractivity contribution in [2.24, 2.45) is 0 Å². The number of rotatable bonds is 4. The van der Waals surface area contributed by atoms with Crippen LogP contribution in [0.25, 0.3) is 0 Å². The summed E-state index contributed by atoms with van der Waals surface area (Å²) in [6.07, 6.45) is 3.13. The van der Waals surface area contributed by atoms with Gasteiger partial charge in [-0.05, 0) is 12.1 Å². The Kier molecular flexibility index (Phi) is 3.18. The minimum Gasteiger partial charge on any atom is -0.447 e. The fourth-order valence-corrected chi connectivity index (χ4v) is 2.14. The molecular weight excluding hydrogens is 220 g/mol. The molecule has 0 radical (unpaired) electrons. The van der Waals surface area contributed by atoms with E-state index in [-0.39, 0.29) is 0 Å². The van der Waals surface area contributed by atoms with E-state index in [1.165, 1.54) is 11.3 Å². The van der Waals surface area contributed by atoms with Crippen LogP contribution < -0.4 is 5.32 Å². The van der Waals surface area contributed by atoms with Crippen LogP contribution in [-0.2, 0) is 13.1 Å². The lowest BCUT2D eigenvalue weighted by atomic mass is 10.4. The maximum Gasteiger partial charge on any atom is 0.180 e. The highest BCUT2D eigenvalue weighted by atomic mass is 35.5. The van der Waals surface area contributed by atoms with Gasteiger partial charge < -0.3 is 9.73 Å². The Morgan fingerprint density at radius 1 is 1.43 bits per heavy atom. The summed E-state index contributed by atoms with van der Waals surface area (Å²) < 4.78 is 5.90. The molecule has 2 rings (SSSR count). The number of nitrogens with zero attached hydrogens (tertiary/aromatic N) is 1. The Balaban J connectivity index is 1.78. The molecule has 0 spiro atoms. The van der Waals surface area contributed by atoms with E-state index in [9.17, 15) is 0 Å². The van der Waals surface area contributed by atoms with Gasteiger partial charge in [0.25, 0.3) is 0 Å². The lowest BCUT2D eigenvalue weighted by Crippen LogP contribution is -2.10. The molecule has 14 heavy (non-hydrogen) atoms. The molecule has 2 aromatic heterocycles. The van der Waals surface area contributed by atoms with Crippen molar-refractivity contribution in [3.8, 4) is 0 Å². The molecule has 2 aromatic rings. The summed E-state index contributed by atoms with van der Waals surface area (Å²) in [5.41, 5.74) is 0. The Bertz CT molecular complexity index is 385. The maximum absolute atomic E-state index is 5.80. The molecule has 0 aliphatic carbocycles. The Hall–Kier alpha value is -0.840. The van der Waals surface area contributed by atoms with Gasteiger partial charge in [-0.2, -0.15) is 0 Å². The standard InChI is InChI=1S/C9H9ClN2OS/c10-9-2-1-8(14-9)5-11-3-7-4-12-6-13-7/h1-2,4,6,11H,3,5H2. The van der Waals surface area contributed by atoms with Crippen LogP contribution in [0.1, 0.15) is 10.6 Å². The van der Waals surface area contributed by atoms with Crippen LogP contribution in [0.3, 0.4) is 0 Å². The molecular formula is C9H9ClN2OS. The number of halogens is 1. The van der Waals surface area contributed by atoms with Crippen molar-refractivity contribution in [1.82, 2.24) is 10.3 Å². The smallest absolute Gasteiger partial charge is 0.180 e. The number of hydrogen-bond donors (Lipinski definition) is 1. The van der Waals surface area contributed by atoms with E-state index in [1.54, 1.807) is 17.5 Å². The summed E-state index contributed by atoms with van der Waals surface area (Å²) in [5.74, 6) is 0.840. The number of nitrogens with one attached hydrogen (secondary N) is 1. The summed E-state index contributed by atoms with van der Waals surface area (Å²) in [7, 11) is 0. The molecule has 2 heterocycles. The molecule has 3 nitrogen and oxygen atoms in total. The highest BCUT2D eigenvalue weighted by molar-refractivity contribution is 7.16. The zero-order chi connectivity index (χ0) is 9.80. The summed E-state index contributed by atoms with van der Waals surface area (Å²) >= 11 is 7.38. The van der Waals surface area contributed by atoms with Gasteiger partial charge in [0.15, 0.2) is 6.39 Å². The molecule has 0 aliphatic rings. The van der Waals surface area contributed by atoms with Crippen LogP contribution in [-0.4, -0.2) is 4.98 Å². The van der Waals surface area contributed by atoms with E-state index >= 15 is 0 Å². The summed E-state index contributed by atoms with van der Waals surface area (Å²) in [5, 5.41) is 3.24.